The van der Waals surface area contributed by atoms with Gasteiger partial charge in [0.2, 0.25) is 0 Å². The largest absolute Gasteiger partial charge is 1.00 e. The van der Waals surface area contributed by atoms with Gasteiger partial charge in [-0.3, -0.25) is 0 Å². The van der Waals surface area contributed by atoms with Crippen molar-refractivity contribution in [1.29, 1.82) is 0 Å². The number of carboxylic acids is 2. The van der Waals surface area contributed by atoms with E-state index in [1.807, 2.05) is 0 Å². The Kier molecular flexibility index (Phi) is 25.0. The molecule has 0 N–H and O–H groups in total. The average molecular weight is 284 g/mol. The van der Waals surface area contributed by atoms with Crippen LogP contribution in [0.1, 0.15) is 83.5 Å². The van der Waals surface area contributed by atoms with Crippen molar-refractivity contribution in [2.75, 3.05) is 0 Å². The van der Waals surface area contributed by atoms with Crippen LogP contribution in [0.25, 0.3) is 0 Å². The summed E-state index contributed by atoms with van der Waals surface area (Å²) >= 11 is 0. The molecule has 21 heavy (non-hydrogen) atoms. The molecular formula is C15H26Li2O4. The predicted octanol–water partition coefficient (Wildman–Crippen LogP) is -4.43. The Morgan fingerprint density at radius 3 is 0.857 bits per heavy atom. The van der Waals surface area contributed by atoms with Crippen LogP contribution in [0.4, 0.5) is 0 Å². The summed E-state index contributed by atoms with van der Waals surface area (Å²) in [5.41, 5.74) is 0. The summed E-state index contributed by atoms with van der Waals surface area (Å²) in [6.45, 7) is 0. The van der Waals surface area contributed by atoms with E-state index in [2.05, 4.69) is 0 Å². The second-order valence-electron chi connectivity index (χ2n) is 5.13. The van der Waals surface area contributed by atoms with Crippen LogP contribution in [0.5, 0.6) is 0 Å². The van der Waals surface area contributed by atoms with Gasteiger partial charge in [-0.1, -0.05) is 57.8 Å². The van der Waals surface area contributed by atoms with Crippen molar-refractivity contribution in [2.45, 2.75) is 83.5 Å². The van der Waals surface area contributed by atoms with Gasteiger partial charge in [0, 0.05) is 11.9 Å². The summed E-state index contributed by atoms with van der Waals surface area (Å²) in [7, 11) is 0. The molecule has 0 aromatic heterocycles. The van der Waals surface area contributed by atoms with Crippen molar-refractivity contribution in [2.24, 2.45) is 0 Å². The second kappa shape index (κ2) is 20.1. The van der Waals surface area contributed by atoms with Gasteiger partial charge in [-0.2, -0.15) is 0 Å². The fourth-order valence-corrected chi connectivity index (χ4v) is 2.13. The molecule has 112 valence electrons. The van der Waals surface area contributed by atoms with Gasteiger partial charge in [-0.15, -0.1) is 0 Å². The first-order valence-electron chi connectivity index (χ1n) is 7.52. The molecule has 0 heterocycles. The Balaban J connectivity index is -0.00000162. The number of aliphatic carboxylic acids is 2. The second-order valence-corrected chi connectivity index (χ2v) is 5.13. The zero-order chi connectivity index (χ0) is 14.3. The van der Waals surface area contributed by atoms with E-state index in [4.69, 9.17) is 0 Å². The zero-order valence-corrected chi connectivity index (χ0v) is 13.8. The minimum Gasteiger partial charge on any atom is -0.550 e. The molecule has 0 atom stereocenters. The average Bonchev–Trinajstić information content (AvgIpc) is 2.34. The number of hydrogen-bond donors (Lipinski definition) is 0. The fraction of sp³-hybridized carbons (Fsp3) is 0.867. The minimum atomic E-state index is -0.946. The Morgan fingerprint density at radius 2 is 0.667 bits per heavy atom. The Hall–Kier alpha value is 0.135. The summed E-state index contributed by atoms with van der Waals surface area (Å²) in [6.07, 6.45) is 12.0. The summed E-state index contributed by atoms with van der Waals surface area (Å²) in [5.74, 6) is -1.89. The van der Waals surface area contributed by atoms with Crippen LogP contribution in [-0.4, -0.2) is 11.9 Å². The molecule has 0 radical (unpaired) electrons. The molecular weight excluding hydrogens is 258 g/mol. The number of unbranched alkanes of at least 4 members (excludes halogenated alkanes) is 10. The van der Waals surface area contributed by atoms with Gasteiger partial charge in [0.25, 0.3) is 0 Å². The molecule has 0 aromatic rings. The van der Waals surface area contributed by atoms with Crippen LogP contribution >= 0.6 is 0 Å². The van der Waals surface area contributed by atoms with E-state index in [1.165, 1.54) is 32.1 Å². The summed E-state index contributed by atoms with van der Waals surface area (Å²) in [4.78, 5) is 20.3. The van der Waals surface area contributed by atoms with E-state index >= 15 is 0 Å². The fourth-order valence-electron chi connectivity index (χ4n) is 2.13. The standard InChI is InChI=1S/C15H28O4.2Li/c16-14(17)12-10-8-6-4-2-1-3-5-7-9-11-13-15(18)19;;/h1-13H2,(H,16,17)(H,18,19);;/q;2*+1/p-2. The van der Waals surface area contributed by atoms with Gasteiger partial charge in [-0.25, -0.2) is 0 Å². The first-order valence-corrected chi connectivity index (χ1v) is 7.52. The van der Waals surface area contributed by atoms with Crippen LogP contribution in [0.2, 0.25) is 0 Å². The molecule has 0 amide bonds. The van der Waals surface area contributed by atoms with E-state index in [1.54, 1.807) is 0 Å². The van der Waals surface area contributed by atoms with Crippen LogP contribution < -0.4 is 47.9 Å². The maximum atomic E-state index is 10.2. The molecule has 0 aliphatic heterocycles. The third kappa shape index (κ3) is 25.4. The van der Waals surface area contributed by atoms with E-state index in [0.29, 0.717) is 0 Å². The molecule has 0 bridgehead atoms. The van der Waals surface area contributed by atoms with Crippen molar-refractivity contribution >= 4 is 11.9 Å². The zero-order valence-electron chi connectivity index (χ0n) is 13.8. The van der Waals surface area contributed by atoms with Crippen molar-refractivity contribution in [3.05, 3.63) is 0 Å². The third-order valence-corrected chi connectivity index (χ3v) is 3.26. The van der Waals surface area contributed by atoms with Gasteiger partial charge < -0.3 is 19.8 Å². The van der Waals surface area contributed by atoms with Crippen LogP contribution in [0, 0.1) is 0 Å². The van der Waals surface area contributed by atoms with Crippen LogP contribution in [-0.2, 0) is 9.59 Å². The van der Waals surface area contributed by atoms with Crippen molar-refractivity contribution in [3.8, 4) is 0 Å². The smallest absolute Gasteiger partial charge is 0.550 e. The quantitative estimate of drug-likeness (QED) is 0.238. The first-order chi connectivity index (χ1) is 9.13. The molecule has 4 nitrogen and oxygen atoms in total. The first kappa shape index (κ1) is 26.1. The predicted molar refractivity (Wildman–Crippen MR) is 70.0 cm³/mol. The number of carbonyl (C=O) groups excluding carboxylic acids is 2. The number of rotatable bonds is 14. The van der Waals surface area contributed by atoms with E-state index < -0.39 is 11.9 Å². The Morgan fingerprint density at radius 1 is 0.476 bits per heavy atom. The van der Waals surface area contributed by atoms with Gasteiger partial charge in [-0.05, 0) is 25.7 Å². The molecule has 0 saturated heterocycles. The SMILES string of the molecule is O=C([O-])CCCCCCCCCCCCCC(=O)[O-].[Li+].[Li+]. The number of hydrogen-bond acceptors (Lipinski definition) is 4. The molecule has 0 rings (SSSR count). The molecule has 6 heteroatoms. The molecule has 0 fully saturated rings. The van der Waals surface area contributed by atoms with E-state index in [0.717, 1.165) is 38.5 Å². The monoisotopic (exact) mass is 284 g/mol. The summed E-state index contributed by atoms with van der Waals surface area (Å²) in [5, 5.41) is 20.3. The van der Waals surface area contributed by atoms with Gasteiger partial charge >= 0.3 is 37.7 Å². The van der Waals surface area contributed by atoms with Crippen molar-refractivity contribution in [3.63, 3.8) is 0 Å². The van der Waals surface area contributed by atoms with Crippen molar-refractivity contribution < 1.29 is 57.5 Å². The Bertz CT molecular complexity index is 224. The normalized spacial score (nSPS) is 9.52. The molecule has 0 saturated carbocycles. The number of carbonyl (C=O) groups is 2. The third-order valence-electron chi connectivity index (χ3n) is 3.26. The molecule has 0 unspecified atom stereocenters. The summed E-state index contributed by atoms with van der Waals surface area (Å²) < 4.78 is 0. The van der Waals surface area contributed by atoms with Gasteiger partial charge in [0.1, 0.15) is 0 Å². The molecule has 0 spiro atoms. The van der Waals surface area contributed by atoms with Gasteiger partial charge in [0.15, 0.2) is 0 Å². The molecule has 0 aromatic carbocycles. The van der Waals surface area contributed by atoms with E-state index in [-0.39, 0.29) is 50.6 Å². The number of carboxylic acid groups (broad SMARTS) is 2. The van der Waals surface area contributed by atoms with Gasteiger partial charge in [0.05, 0.1) is 0 Å². The van der Waals surface area contributed by atoms with Crippen LogP contribution in [0.15, 0.2) is 0 Å². The molecule has 0 aliphatic rings. The van der Waals surface area contributed by atoms with E-state index in [9.17, 15) is 19.8 Å². The van der Waals surface area contributed by atoms with Crippen molar-refractivity contribution in [1.82, 2.24) is 0 Å². The topological polar surface area (TPSA) is 80.3 Å². The maximum Gasteiger partial charge on any atom is 1.00 e. The summed E-state index contributed by atoms with van der Waals surface area (Å²) in [6, 6.07) is 0. The molecule has 0 aliphatic carbocycles. The Labute approximate surface area is 152 Å². The minimum absolute atomic E-state index is 0. The maximum absolute atomic E-state index is 10.2. The van der Waals surface area contributed by atoms with Crippen LogP contribution in [0.3, 0.4) is 0 Å².